The highest BCUT2D eigenvalue weighted by molar-refractivity contribution is 9.10. The molecule has 120 valence electrons. The van der Waals surface area contributed by atoms with Crippen LogP contribution in [0.25, 0.3) is 0 Å². The van der Waals surface area contributed by atoms with E-state index in [1.54, 1.807) is 25.1 Å². The maximum Gasteiger partial charge on any atom is 0.260 e. The lowest BCUT2D eigenvalue weighted by atomic mass is 10.2. The lowest BCUT2D eigenvalue weighted by Crippen LogP contribution is -2.42. The molecule has 0 heterocycles. The molecule has 22 heavy (non-hydrogen) atoms. The highest BCUT2D eigenvalue weighted by Gasteiger charge is 2.16. The third kappa shape index (κ3) is 5.48. The molecular weight excluding hydrogens is 352 g/mol. The molecule has 0 bridgehead atoms. The van der Waals surface area contributed by atoms with Crippen LogP contribution in [0.5, 0.6) is 5.75 Å². The summed E-state index contributed by atoms with van der Waals surface area (Å²) >= 11 is 3.26. The number of rotatable bonds is 8. The van der Waals surface area contributed by atoms with E-state index in [1.165, 1.54) is 4.90 Å². The van der Waals surface area contributed by atoms with Crippen LogP contribution in [-0.2, 0) is 9.59 Å². The molecule has 0 aliphatic rings. The zero-order chi connectivity index (χ0) is 16.5. The first-order chi connectivity index (χ1) is 10.5. The number of carbonyl (C=O) groups excluding carboxylic acids is 3. The molecule has 0 saturated carbocycles. The zero-order valence-corrected chi connectivity index (χ0v) is 14.2. The van der Waals surface area contributed by atoms with Crippen molar-refractivity contribution in [3.05, 3.63) is 28.2 Å². The lowest BCUT2D eigenvalue weighted by Gasteiger charge is -2.20. The number of nitrogens with zero attached hydrogens (tertiary/aromatic N) is 1. The van der Waals surface area contributed by atoms with Crippen molar-refractivity contribution in [2.75, 3.05) is 26.2 Å². The summed E-state index contributed by atoms with van der Waals surface area (Å²) in [5, 5.41) is 2.64. The van der Waals surface area contributed by atoms with Crippen LogP contribution in [0.1, 0.15) is 24.2 Å². The van der Waals surface area contributed by atoms with Crippen molar-refractivity contribution in [3.63, 3.8) is 0 Å². The van der Waals surface area contributed by atoms with Gasteiger partial charge in [0.2, 0.25) is 5.91 Å². The van der Waals surface area contributed by atoms with E-state index < -0.39 is 0 Å². The van der Waals surface area contributed by atoms with E-state index >= 15 is 0 Å². The summed E-state index contributed by atoms with van der Waals surface area (Å²) in [7, 11) is 0. The van der Waals surface area contributed by atoms with E-state index in [4.69, 9.17) is 4.74 Å². The Morgan fingerprint density at radius 2 is 2.09 bits per heavy atom. The van der Waals surface area contributed by atoms with Gasteiger partial charge in [0.1, 0.15) is 5.75 Å². The summed E-state index contributed by atoms with van der Waals surface area (Å²) in [5.74, 6) is -0.191. The number of halogens is 1. The highest BCUT2D eigenvalue weighted by Crippen LogP contribution is 2.21. The molecule has 1 N–H and O–H groups in total. The van der Waals surface area contributed by atoms with Gasteiger partial charge in [-0.25, -0.2) is 0 Å². The fourth-order valence-corrected chi connectivity index (χ4v) is 2.16. The normalized spacial score (nSPS) is 9.95. The van der Waals surface area contributed by atoms with Gasteiger partial charge in [-0.3, -0.25) is 14.4 Å². The molecule has 6 nitrogen and oxygen atoms in total. The van der Waals surface area contributed by atoms with Crippen LogP contribution < -0.4 is 10.1 Å². The summed E-state index contributed by atoms with van der Waals surface area (Å²) in [5.41, 5.74) is 0.356. The van der Waals surface area contributed by atoms with Gasteiger partial charge in [0.05, 0.1) is 12.1 Å². The predicted octanol–water partition coefficient (Wildman–Crippen LogP) is 1.62. The van der Waals surface area contributed by atoms with Gasteiger partial charge in [-0.2, -0.15) is 0 Å². The van der Waals surface area contributed by atoms with Crippen LogP contribution in [0.2, 0.25) is 0 Å². The SMILES string of the molecule is CCNC(=O)CN(CC)C(=O)COc1ccc(Br)cc1C=O. The van der Waals surface area contributed by atoms with Crippen molar-refractivity contribution >= 4 is 34.0 Å². The lowest BCUT2D eigenvalue weighted by molar-refractivity contribution is -0.137. The standard InChI is InChI=1S/C15H19BrN2O4/c1-3-17-14(20)8-18(4-2)15(21)10-22-13-6-5-12(16)7-11(13)9-19/h5-7,9H,3-4,8,10H2,1-2H3,(H,17,20). The molecule has 1 aromatic rings. The summed E-state index contributed by atoms with van der Waals surface area (Å²) in [6.45, 7) is 4.28. The Hall–Kier alpha value is -1.89. The van der Waals surface area contributed by atoms with Gasteiger partial charge in [-0.1, -0.05) is 15.9 Å². The molecule has 2 amide bonds. The van der Waals surface area contributed by atoms with E-state index in [1.807, 2.05) is 6.92 Å². The second-order valence-corrected chi connectivity index (χ2v) is 5.37. The van der Waals surface area contributed by atoms with Crippen LogP contribution >= 0.6 is 15.9 Å². The minimum Gasteiger partial charge on any atom is -0.483 e. The van der Waals surface area contributed by atoms with Gasteiger partial charge in [-0.05, 0) is 32.0 Å². The molecule has 7 heteroatoms. The zero-order valence-electron chi connectivity index (χ0n) is 12.6. The van der Waals surface area contributed by atoms with Crippen LogP contribution in [0.3, 0.4) is 0 Å². The minimum atomic E-state index is -0.312. The number of nitrogens with one attached hydrogen (secondary N) is 1. The molecule has 0 atom stereocenters. The quantitative estimate of drug-likeness (QED) is 0.705. The second kappa shape index (κ2) is 9.19. The topological polar surface area (TPSA) is 75.7 Å². The number of ether oxygens (including phenoxy) is 1. The van der Waals surface area contributed by atoms with E-state index in [0.29, 0.717) is 30.7 Å². The van der Waals surface area contributed by atoms with Crippen LogP contribution in [0.4, 0.5) is 0 Å². The Morgan fingerprint density at radius 3 is 2.68 bits per heavy atom. The minimum absolute atomic E-state index is 0.00654. The van der Waals surface area contributed by atoms with Crippen molar-refractivity contribution in [3.8, 4) is 5.75 Å². The largest absolute Gasteiger partial charge is 0.483 e. The number of benzene rings is 1. The Kier molecular flexibility index (Phi) is 7.59. The molecule has 0 aliphatic heterocycles. The molecule has 0 radical (unpaired) electrons. The van der Waals surface area contributed by atoms with Crippen LogP contribution in [-0.4, -0.2) is 49.2 Å². The first-order valence-electron chi connectivity index (χ1n) is 6.93. The fraction of sp³-hybridized carbons (Fsp3) is 0.400. The molecule has 1 rings (SSSR count). The number of likely N-dealkylation sites (N-methyl/N-ethyl adjacent to an activating group) is 2. The summed E-state index contributed by atoms with van der Waals surface area (Å²) in [6, 6.07) is 4.94. The van der Waals surface area contributed by atoms with Crippen LogP contribution in [0, 0.1) is 0 Å². The summed E-state index contributed by atoms with van der Waals surface area (Å²) in [4.78, 5) is 36.0. The molecule has 0 fully saturated rings. The van der Waals surface area contributed by atoms with Crippen LogP contribution in [0.15, 0.2) is 22.7 Å². The highest BCUT2D eigenvalue weighted by atomic mass is 79.9. The average molecular weight is 371 g/mol. The maximum absolute atomic E-state index is 12.1. The van der Waals surface area contributed by atoms with Crippen molar-refractivity contribution in [2.45, 2.75) is 13.8 Å². The van der Waals surface area contributed by atoms with E-state index in [2.05, 4.69) is 21.2 Å². The van der Waals surface area contributed by atoms with Gasteiger partial charge in [-0.15, -0.1) is 0 Å². The Labute approximate surface area is 137 Å². The Morgan fingerprint density at radius 1 is 1.36 bits per heavy atom. The number of hydrogen-bond acceptors (Lipinski definition) is 4. The van der Waals surface area contributed by atoms with E-state index in [0.717, 1.165) is 4.47 Å². The average Bonchev–Trinajstić information content (AvgIpc) is 2.51. The second-order valence-electron chi connectivity index (χ2n) is 4.45. The van der Waals surface area contributed by atoms with Gasteiger partial charge in [0.15, 0.2) is 12.9 Å². The maximum atomic E-state index is 12.1. The van der Waals surface area contributed by atoms with Gasteiger partial charge >= 0.3 is 0 Å². The Bertz CT molecular complexity index is 548. The molecule has 1 aromatic carbocycles. The molecule has 0 aromatic heterocycles. The third-order valence-corrected chi connectivity index (χ3v) is 3.39. The van der Waals surface area contributed by atoms with Crippen molar-refractivity contribution < 1.29 is 19.1 Å². The number of amides is 2. The summed E-state index contributed by atoms with van der Waals surface area (Å²) in [6.07, 6.45) is 0.664. The van der Waals surface area contributed by atoms with Gasteiger partial charge in [0.25, 0.3) is 5.91 Å². The van der Waals surface area contributed by atoms with E-state index in [-0.39, 0.29) is 25.0 Å². The Balaban J connectivity index is 2.64. The molecular formula is C15H19BrN2O4. The van der Waals surface area contributed by atoms with Crippen molar-refractivity contribution in [1.29, 1.82) is 0 Å². The molecule has 0 saturated heterocycles. The number of hydrogen-bond donors (Lipinski definition) is 1. The van der Waals surface area contributed by atoms with Crippen molar-refractivity contribution in [2.24, 2.45) is 0 Å². The smallest absolute Gasteiger partial charge is 0.260 e. The van der Waals surface area contributed by atoms with E-state index in [9.17, 15) is 14.4 Å². The monoisotopic (exact) mass is 370 g/mol. The van der Waals surface area contributed by atoms with Crippen molar-refractivity contribution in [1.82, 2.24) is 10.2 Å². The fourth-order valence-electron chi connectivity index (χ4n) is 1.78. The predicted molar refractivity (Wildman–Crippen MR) is 86.0 cm³/mol. The third-order valence-electron chi connectivity index (χ3n) is 2.89. The molecule has 0 unspecified atom stereocenters. The molecule has 0 aliphatic carbocycles. The summed E-state index contributed by atoms with van der Waals surface area (Å²) < 4.78 is 6.14. The first-order valence-corrected chi connectivity index (χ1v) is 7.73. The van der Waals surface area contributed by atoms with Gasteiger partial charge < -0.3 is 15.0 Å². The number of carbonyl (C=O) groups is 3. The molecule has 0 spiro atoms. The van der Waals surface area contributed by atoms with Gasteiger partial charge in [0, 0.05) is 17.6 Å². The number of aldehydes is 1. The first kappa shape index (κ1) is 18.2.